The number of carbonyl (C=O) groups excluding carboxylic acids is 1. The summed E-state index contributed by atoms with van der Waals surface area (Å²) in [6.07, 6.45) is 15.9. The van der Waals surface area contributed by atoms with Crippen LogP contribution in [0.15, 0.2) is 89.2 Å². The van der Waals surface area contributed by atoms with Crippen molar-refractivity contribution in [3.63, 3.8) is 0 Å². The van der Waals surface area contributed by atoms with Gasteiger partial charge in [-0.2, -0.15) is 0 Å². The summed E-state index contributed by atoms with van der Waals surface area (Å²) in [6, 6.07) is 4.34. The summed E-state index contributed by atoms with van der Waals surface area (Å²) in [7, 11) is 0. The number of benzene rings is 1. The van der Waals surface area contributed by atoms with Gasteiger partial charge in [-0.3, -0.25) is 4.79 Å². The average molecular weight is 385 g/mol. The monoisotopic (exact) mass is 384 g/mol. The molecule has 1 aromatic carbocycles. The third kappa shape index (κ3) is 4.87. The van der Waals surface area contributed by atoms with Gasteiger partial charge in [0.2, 0.25) is 5.88 Å². The molecule has 0 saturated carbocycles. The highest BCUT2D eigenvalue weighted by Crippen LogP contribution is 2.22. The van der Waals surface area contributed by atoms with E-state index >= 15 is 0 Å². The van der Waals surface area contributed by atoms with E-state index in [9.17, 15) is 4.79 Å². The van der Waals surface area contributed by atoms with Gasteiger partial charge in [-0.1, -0.05) is 47.5 Å². The third-order valence-electron chi connectivity index (χ3n) is 3.41. The number of aliphatic imine (C=N–C) groups is 1. The van der Waals surface area contributed by atoms with Gasteiger partial charge in [0, 0.05) is 23.9 Å². The van der Waals surface area contributed by atoms with E-state index in [1.165, 1.54) is 6.07 Å². The van der Waals surface area contributed by atoms with Gasteiger partial charge >= 0.3 is 0 Å². The van der Waals surface area contributed by atoms with Crippen molar-refractivity contribution in [3.05, 3.63) is 99.8 Å². The minimum Gasteiger partial charge on any atom is -0.438 e. The van der Waals surface area contributed by atoms with Crippen LogP contribution in [0.25, 0.3) is 0 Å². The molecule has 2 aliphatic rings. The maximum atomic E-state index is 12.3. The average Bonchev–Trinajstić information content (AvgIpc) is 3.01. The molecular formula is C20H14Cl2N2O2. The predicted molar refractivity (Wildman–Crippen MR) is 104 cm³/mol. The van der Waals surface area contributed by atoms with Crippen LogP contribution < -0.4 is 5.32 Å². The first kappa shape index (κ1) is 18.0. The zero-order valence-corrected chi connectivity index (χ0v) is 15.0. The second-order valence-corrected chi connectivity index (χ2v) is 6.14. The number of nitrogens with zero attached hydrogens (tertiary/aromatic N) is 1. The number of rotatable bonds is 4. The van der Waals surface area contributed by atoms with E-state index in [1.54, 1.807) is 48.7 Å². The minimum absolute atomic E-state index is 0.279. The lowest BCUT2D eigenvalue weighted by molar-refractivity contribution is 0.0952. The number of halogens is 2. The Hall–Kier alpha value is -2.78. The smallest absolute Gasteiger partial charge is 0.252 e. The fraction of sp³-hybridized carbons (Fsp3) is 0.0500. The number of carbonyl (C=O) groups is 1. The molecule has 0 spiro atoms. The van der Waals surface area contributed by atoms with E-state index in [0.717, 1.165) is 0 Å². The van der Waals surface area contributed by atoms with E-state index in [2.05, 4.69) is 16.0 Å². The second kappa shape index (κ2) is 8.54. The van der Waals surface area contributed by atoms with Gasteiger partial charge in [0.15, 0.2) is 0 Å². The summed E-state index contributed by atoms with van der Waals surface area (Å²) in [4.78, 5) is 16.6. The van der Waals surface area contributed by atoms with Crippen LogP contribution in [0.3, 0.4) is 0 Å². The summed E-state index contributed by atoms with van der Waals surface area (Å²) in [6.45, 7) is 0. The van der Waals surface area contributed by atoms with Crippen LogP contribution in [0.1, 0.15) is 10.4 Å². The molecule has 3 rings (SSSR count). The maximum Gasteiger partial charge on any atom is 0.252 e. The Labute approximate surface area is 161 Å². The molecule has 1 amide bonds. The fourth-order valence-electron chi connectivity index (χ4n) is 2.15. The number of nitrogens with one attached hydrogen (secondary N) is 1. The topological polar surface area (TPSA) is 50.7 Å². The summed E-state index contributed by atoms with van der Waals surface area (Å²) in [5, 5.41) is 3.57. The van der Waals surface area contributed by atoms with Gasteiger partial charge in [0.05, 0.1) is 16.1 Å². The van der Waals surface area contributed by atoms with Crippen molar-refractivity contribution in [1.29, 1.82) is 0 Å². The fourth-order valence-corrected chi connectivity index (χ4v) is 2.44. The highest BCUT2D eigenvalue weighted by atomic mass is 35.5. The molecule has 6 heteroatoms. The van der Waals surface area contributed by atoms with Gasteiger partial charge in [-0.15, -0.1) is 5.73 Å². The van der Waals surface area contributed by atoms with Crippen molar-refractivity contribution in [1.82, 2.24) is 5.32 Å². The van der Waals surface area contributed by atoms with Crippen LogP contribution in [-0.2, 0) is 4.74 Å². The van der Waals surface area contributed by atoms with Gasteiger partial charge < -0.3 is 10.1 Å². The first-order valence-electron chi connectivity index (χ1n) is 7.78. The van der Waals surface area contributed by atoms with Gasteiger partial charge in [0.1, 0.15) is 5.76 Å². The maximum absolute atomic E-state index is 12.3. The molecule has 1 aliphatic heterocycles. The van der Waals surface area contributed by atoms with Crippen molar-refractivity contribution in [2.24, 2.45) is 4.99 Å². The van der Waals surface area contributed by atoms with Crippen molar-refractivity contribution in [2.45, 2.75) is 6.04 Å². The van der Waals surface area contributed by atoms with Crippen LogP contribution in [-0.4, -0.2) is 18.2 Å². The molecule has 1 atom stereocenters. The Morgan fingerprint density at radius 3 is 2.88 bits per heavy atom. The Morgan fingerprint density at radius 2 is 2.04 bits per heavy atom. The van der Waals surface area contributed by atoms with Crippen LogP contribution in [0.2, 0.25) is 10.0 Å². The molecule has 1 unspecified atom stereocenters. The Morgan fingerprint density at radius 1 is 1.15 bits per heavy atom. The molecule has 0 bridgehead atoms. The molecule has 1 aromatic rings. The zero-order chi connectivity index (χ0) is 18.4. The summed E-state index contributed by atoms with van der Waals surface area (Å²) < 4.78 is 5.70. The van der Waals surface area contributed by atoms with E-state index < -0.39 is 0 Å². The van der Waals surface area contributed by atoms with E-state index in [4.69, 9.17) is 27.9 Å². The molecule has 1 heterocycles. The predicted octanol–water partition coefficient (Wildman–Crippen LogP) is 4.76. The number of hydrogen-bond donors (Lipinski definition) is 1. The largest absolute Gasteiger partial charge is 0.438 e. The van der Waals surface area contributed by atoms with E-state index in [0.29, 0.717) is 27.3 Å². The Balaban J connectivity index is 1.64. The molecule has 0 radical (unpaired) electrons. The molecule has 1 N–H and O–H groups in total. The lowest BCUT2D eigenvalue weighted by Crippen LogP contribution is -2.34. The van der Waals surface area contributed by atoms with Crippen LogP contribution in [0.4, 0.5) is 0 Å². The van der Waals surface area contributed by atoms with E-state index in [-0.39, 0.29) is 11.9 Å². The highest BCUT2D eigenvalue weighted by molar-refractivity contribution is 6.42. The highest BCUT2D eigenvalue weighted by Gasteiger charge is 2.13. The molecule has 26 heavy (non-hydrogen) atoms. The van der Waals surface area contributed by atoms with Gasteiger partial charge in [-0.25, -0.2) is 4.99 Å². The number of hydrogen-bond acceptors (Lipinski definition) is 3. The molecule has 4 nitrogen and oxygen atoms in total. The molecule has 0 saturated heterocycles. The Bertz CT molecular complexity index is 933. The summed E-state index contributed by atoms with van der Waals surface area (Å²) in [5.41, 5.74) is 3.38. The SMILES string of the molecule is O=C(NC1C=CC=C(OC2=CC=CC=C=C2)N=C1)c1ccc(Cl)c(Cl)c1. The molecule has 0 aromatic heterocycles. The molecule has 1 aliphatic carbocycles. The van der Waals surface area contributed by atoms with Gasteiger partial charge in [-0.05, 0) is 30.4 Å². The van der Waals surface area contributed by atoms with Crippen molar-refractivity contribution < 1.29 is 9.53 Å². The van der Waals surface area contributed by atoms with Crippen LogP contribution >= 0.6 is 23.2 Å². The van der Waals surface area contributed by atoms with Gasteiger partial charge in [0.25, 0.3) is 5.91 Å². The van der Waals surface area contributed by atoms with Crippen molar-refractivity contribution in [2.75, 3.05) is 0 Å². The molecule has 0 fully saturated rings. The summed E-state index contributed by atoms with van der Waals surface area (Å²) in [5.74, 6) is 0.746. The lowest BCUT2D eigenvalue weighted by atomic mass is 10.2. The number of allylic oxidation sites excluding steroid dienone is 6. The number of ether oxygens (including phenoxy) is 1. The normalized spacial score (nSPS) is 18.0. The van der Waals surface area contributed by atoms with E-state index in [1.807, 2.05) is 18.2 Å². The minimum atomic E-state index is -0.382. The lowest BCUT2D eigenvalue weighted by Gasteiger charge is -2.10. The zero-order valence-electron chi connectivity index (χ0n) is 13.5. The first-order valence-corrected chi connectivity index (χ1v) is 8.53. The van der Waals surface area contributed by atoms with Crippen molar-refractivity contribution in [3.8, 4) is 0 Å². The standard InChI is InChI=1S/C20H14Cl2N2O2/c21-17-11-10-14(12-18(17)22)20(25)24-15-6-5-9-19(23-13-15)26-16-7-3-1-2-4-8-16/h1-3,5-13,15H,(H,24,25). The third-order valence-corrected chi connectivity index (χ3v) is 4.15. The molecule has 130 valence electrons. The molecular weight excluding hydrogens is 371 g/mol. The Kier molecular flexibility index (Phi) is 5.92. The van der Waals surface area contributed by atoms with Crippen molar-refractivity contribution >= 4 is 35.3 Å². The second-order valence-electron chi connectivity index (χ2n) is 5.33. The quantitative estimate of drug-likeness (QED) is 0.761. The van der Waals surface area contributed by atoms with Crippen LogP contribution in [0, 0.1) is 0 Å². The van der Waals surface area contributed by atoms with Crippen LogP contribution in [0.5, 0.6) is 0 Å². The number of amides is 1. The summed E-state index contributed by atoms with van der Waals surface area (Å²) >= 11 is 11.8. The first-order chi connectivity index (χ1) is 12.6.